The number of nitrogens with zero attached hydrogens (tertiary/aromatic N) is 2. The maximum Gasteiger partial charge on any atom is 0.291 e. The minimum absolute atomic E-state index is 0.295. The van der Waals surface area contributed by atoms with E-state index < -0.39 is 0 Å². The van der Waals surface area contributed by atoms with Crippen molar-refractivity contribution in [2.24, 2.45) is 5.10 Å². The number of rotatable bonds is 6. The molecule has 1 aromatic heterocycles. The molecule has 0 saturated carbocycles. The number of nitrogens with one attached hydrogen (secondary N) is 2. The van der Waals surface area contributed by atoms with E-state index in [-0.39, 0.29) is 5.91 Å². The van der Waals surface area contributed by atoms with E-state index in [9.17, 15) is 4.79 Å². The number of aryl methyl sites for hydroxylation is 1. The molecule has 25 heavy (non-hydrogen) atoms. The fourth-order valence-electron chi connectivity index (χ4n) is 2.21. The van der Waals surface area contributed by atoms with Crippen molar-refractivity contribution in [3.05, 3.63) is 83.2 Å². The second kappa shape index (κ2) is 7.92. The highest BCUT2D eigenvalue weighted by atomic mass is 16.5. The summed E-state index contributed by atoms with van der Waals surface area (Å²) in [7, 11) is 0. The summed E-state index contributed by atoms with van der Waals surface area (Å²) in [5.74, 6) is 0.322. The predicted molar refractivity (Wildman–Crippen MR) is 95.6 cm³/mol. The Morgan fingerprint density at radius 1 is 1.20 bits per heavy atom. The SMILES string of the molecule is Cc1cc(C(=O)N/N=C/c2ccccc2OCc2ccccc2)n[nH]1. The van der Waals surface area contributed by atoms with Crippen molar-refractivity contribution in [3.8, 4) is 5.75 Å². The van der Waals surface area contributed by atoms with Gasteiger partial charge in [-0.15, -0.1) is 0 Å². The van der Waals surface area contributed by atoms with Gasteiger partial charge in [-0.1, -0.05) is 42.5 Å². The minimum atomic E-state index is -0.372. The lowest BCUT2D eigenvalue weighted by Crippen LogP contribution is -2.18. The highest BCUT2D eigenvalue weighted by Crippen LogP contribution is 2.17. The van der Waals surface area contributed by atoms with Gasteiger partial charge in [0.2, 0.25) is 0 Å². The first kappa shape index (κ1) is 16.4. The van der Waals surface area contributed by atoms with Crippen LogP contribution in [0, 0.1) is 6.92 Å². The van der Waals surface area contributed by atoms with Gasteiger partial charge >= 0.3 is 0 Å². The van der Waals surface area contributed by atoms with Gasteiger partial charge < -0.3 is 4.74 Å². The highest BCUT2D eigenvalue weighted by Gasteiger charge is 2.07. The molecule has 0 saturated heterocycles. The molecule has 0 aliphatic rings. The quantitative estimate of drug-likeness (QED) is 0.537. The number of hydrazone groups is 1. The molecular weight excluding hydrogens is 316 g/mol. The van der Waals surface area contributed by atoms with E-state index in [1.165, 1.54) is 0 Å². The van der Waals surface area contributed by atoms with Crippen molar-refractivity contribution in [2.75, 3.05) is 0 Å². The smallest absolute Gasteiger partial charge is 0.291 e. The first-order chi connectivity index (χ1) is 12.2. The number of aromatic amines is 1. The molecule has 0 aliphatic carbocycles. The van der Waals surface area contributed by atoms with Gasteiger partial charge in [-0.3, -0.25) is 9.89 Å². The van der Waals surface area contributed by atoms with Crippen LogP contribution in [0.5, 0.6) is 5.75 Å². The fourth-order valence-corrected chi connectivity index (χ4v) is 2.21. The lowest BCUT2D eigenvalue weighted by Gasteiger charge is -2.08. The lowest BCUT2D eigenvalue weighted by atomic mass is 10.2. The van der Waals surface area contributed by atoms with Crippen LogP contribution in [0.25, 0.3) is 0 Å². The van der Waals surface area contributed by atoms with Crippen LogP contribution in [0.1, 0.15) is 27.3 Å². The summed E-state index contributed by atoms with van der Waals surface area (Å²) in [4.78, 5) is 11.9. The first-order valence-electron chi connectivity index (χ1n) is 7.83. The van der Waals surface area contributed by atoms with Crippen LogP contribution < -0.4 is 10.2 Å². The van der Waals surface area contributed by atoms with Gasteiger partial charge in [0, 0.05) is 11.3 Å². The summed E-state index contributed by atoms with van der Waals surface area (Å²) < 4.78 is 5.85. The van der Waals surface area contributed by atoms with Gasteiger partial charge in [0.05, 0.1) is 6.21 Å². The van der Waals surface area contributed by atoms with Crippen LogP contribution >= 0.6 is 0 Å². The van der Waals surface area contributed by atoms with Crippen molar-refractivity contribution in [2.45, 2.75) is 13.5 Å². The molecule has 0 unspecified atom stereocenters. The lowest BCUT2D eigenvalue weighted by molar-refractivity contribution is 0.0950. The van der Waals surface area contributed by atoms with E-state index in [1.807, 2.05) is 61.5 Å². The van der Waals surface area contributed by atoms with E-state index in [0.29, 0.717) is 18.1 Å². The summed E-state index contributed by atoms with van der Waals surface area (Å²) in [5.41, 5.74) is 5.42. The second-order valence-electron chi connectivity index (χ2n) is 5.45. The summed E-state index contributed by atoms with van der Waals surface area (Å²) in [6, 6.07) is 19.1. The Morgan fingerprint density at radius 3 is 2.72 bits per heavy atom. The van der Waals surface area contributed by atoms with Gasteiger partial charge in [0.15, 0.2) is 5.69 Å². The molecule has 0 aliphatic heterocycles. The molecule has 1 heterocycles. The molecule has 6 heteroatoms. The zero-order chi connectivity index (χ0) is 17.5. The fraction of sp³-hybridized carbons (Fsp3) is 0.105. The Bertz CT molecular complexity index is 872. The topological polar surface area (TPSA) is 79.4 Å². The van der Waals surface area contributed by atoms with Gasteiger partial charge in [0.1, 0.15) is 12.4 Å². The van der Waals surface area contributed by atoms with Crippen LogP contribution in [-0.4, -0.2) is 22.3 Å². The maximum atomic E-state index is 11.9. The van der Waals surface area contributed by atoms with Crippen molar-refractivity contribution < 1.29 is 9.53 Å². The Kier molecular flexibility index (Phi) is 5.21. The molecule has 3 aromatic rings. The van der Waals surface area contributed by atoms with Gasteiger partial charge in [-0.2, -0.15) is 10.2 Å². The van der Waals surface area contributed by atoms with E-state index in [4.69, 9.17) is 4.74 Å². The van der Waals surface area contributed by atoms with Crippen molar-refractivity contribution in [3.63, 3.8) is 0 Å². The zero-order valence-corrected chi connectivity index (χ0v) is 13.8. The van der Waals surface area contributed by atoms with E-state index in [0.717, 1.165) is 16.8 Å². The van der Waals surface area contributed by atoms with Gasteiger partial charge in [-0.25, -0.2) is 5.43 Å². The van der Waals surface area contributed by atoms with Crippen LogP contribution in [-0.2, 0) is 6.61 Å². The molecule has 1 amide bonds. The number of hydrogen-bond acceptors (Lipinski definition) is 4. The largest absolute Gasteiger partial charge is 0.488 e. The third-order valence-electron chi connectivity index (χ3n) is 3.46. The number of ether oxygens (including phenoxy) is 1. The molecule has 0 radical (unpaired) electrons. The number of para-hydroxylation sites is 1. The van der Waals surface area contributed by atoms with E-state index in [2.05, 4.69) is 20.7 Å². The van der Waals surface area contributed by atoms with Crippen molar-refractivity contribution >= 4 is 12.1 Å². The average molecular weight is 334 g/mol. The number of H-pyrrole nitrogens is 1. The monoisotopic (exact) mass is 334 g/mol. The summed E-state index contributed by atoms with van der Waals surface area (Å²) >= 11 is 0. The third kappa shape index (κ3) is 4.54. The molecule has 3 rings (SSSR count). The first-order valence-corrected chi connectivity index (χ1v) is 7.83. The Labute approximate surface area is 145 Å². The molecule has 0 fully saturated rings. The normalized spacial score (nSPS) is 10.8. The highest BCUT2D eigenvalue weighted by molar-refractivity contribution is 5.93. The average Bonchev–Trinajstić information content (AvgIpc) is 3.08. The number of carbonyl (C=O) groups excluding carboxylic acids is 1. The molecule has 0 atom stereocenters. The molecule has 0 bridgehead atoms. The maximum absolute atomic E-state index is 11.9. The standard InChI is InChI=1S/C19H18N4O2/c1-14-11-17(22-21-14)19(24)23-20-12-16-9-5-6-10-18(16)25-13-15-7-3-2-4-8-15/h2-12H,13H2,1H3,(H,21,22)(H,23,24)/b20-12+. The van der Waals surface area contributed by atoms with Crippen molar-refractivity contribution in [1.82, 2.24) is 15.6 Å². The van der Waals surface area contributed by atoms with E-state index in [1.54, 1.807) is 12.3 Å². The Hall–Kier alpha value is -3.41. The van der Waals surface area contributed by atoms with Crippen LogP contribution in [0.4, 0.5) is 0 Å². The number of aromatic nitrogens is 2. The summed E-state index contributed by atoms with van der Waals surface area (Å²) in [6.07, 6.45) is 1.55. The van der Waals surface area contributed by atoms with Gasteiger partial charge in [0.25, 0.3) is 5.91 Å². The number of hydrogen-bond donors (Lipinski definition) is 2. The number of carbonyl (C=O) groups is 1. The number of amides is 1. The third-order valence-corrected chi connectivity index (χ3v) is 3.46. The molecule has 0 spiro atoms. The molecule has 2 N–H and O–H groups in total. The van der Waals surface area contributed by atoms with Crippen LogP contribution in [0.3, 0.4) is 0 Å². The van der Waals surface area contributed by atoms with Crippen LogP contribution in [0.2, 0.25) is 0 Å². The molecule has 6 nitrogen and oxygen atoms in total. The van der Waals surface area contributed by atoms with Crippen LogP contribution in [0.15, 0.2) is 65.8 Å². The molecule has 126 valence electrons. The summed E-state index contributed by atoms with van der Waals surface area (Å²) in [6.45, 7) is 2.29. The molecule has 2 aromatic carbocycles. The second-order valence-corrected chi connectivity index (χ2v) is 5.45. The minimum Gasteiger partial charge on any atom is -0.488 e. The van der Waals surface area contributed by atoms with Crippen molar-refractivity contribution in [1.29, 1.82) is 0 Å². The van der Waals surface area contributed by atoms with Gasteiger partial charge in [-0.05, 0) is 30.7 Å². The van der Waals surface area contributed by atoms with E-state index >= 15 is 0 Å². The predicted octanol–water partition coefficient (Wildman–Crippen LogP) is 3.06. The zero-order valence-electron chi connectivity index (χ0n) is 13.8. The number of benzene rings is 2. The Morgan fingerprint density at radius 2 is 1.96 bits per heavy atom. The Balaban J connectivity index is 1.63. The summed E-state index contributed by atoms with van der Waals surface area (Å²) in [5, 5.41) is 10.6. The molecular formula is C19H18N4O2.